The highest BCUT2D eigenvalue weighted by Crippen LogP contribution is 2.42. The van der Waals surface area contributed by atoms with E-state index in [-0.39, 0.29) is 6.10 Å². The fourth-order valence-corrected chi connectivity index (χ4v) is 5.41. The number of likely N-dealkylation sites (tertiary alicyclic amines) is 1. The molecule has 2 fully saturated rings. The van der Waals surface area contributed by atoms with Gasteiger partial charge in [-0.25, -0.2) is 0 Å². The third-order valence-corrected chi connectivity index (χ3v) is 6.42. The predicted octanol–water partition coefficient (Wildman–Crippen LogP) is 2.58. The smallest absolute Gasteiger partial charge is 0.0583 e. The van der Waals surface area contributed by atoms with E-state index in [1.54, 1.807) is 5.56 Å². The van der Waals surface area contributed by atoms with Crippen LogP contribution in [0.15, 0.2) is 29.2 Å². The maximum absolute atomic E-state index is 10.0. The van der Waals surface area contributed by atoms with Crippen molar-refractivity contribution in [2.24, 2.45) is 11.8 Å². The predicted molar refractivity (Wildman–Crippen MR) is 78.6 cm³/mol. The van der Waals surface area contributed by atoms with Crippen molar-refractivity contribution in [1.29, 1.82) is 0 Å². The first-order valence-electron chi connectivity index (χ1n) is 7.43. The second-order valence-electron chi connectivity index (χ2n) is 6.33. The number of hydrogen-bond donors (Lipinski definition) is 1. The first kappa shape index (κ1) is 12.2. The molecule has 1 aliphatic carbocycles. The lowest BCUT2D eigenvalue weighted by molar-refractivity contribution is 0.124. The fraction of sp³-hybridized carbons (Fsp3) is 0.625. The topological polar surface area (TPSA) is 23.5 Å². The van der Waals surface area contributed by atoms with Crippen LogP contribution in [0.1, 0.15) is 24.3 Å². The van der Waals surface area contributed by atoms with Crippen molar-refractivity contribution < 1.29 is 5.11 Å². The highest BCUT2D eigenvalue weighted by atomic mass is 32.2. The Hall–Kier alpha value is -0.510. The lowest BCUT2D eigenvalue weighted by Crippen LogP contribution is -2.29. The molecule has 2 nitrogen and oxygen atoms in total. The van der Waals surface area contributed by atoms with Crippen molar-refractivity contribution in [3.63, 3.8) is 0 Å². The number of fused-ring (bicyclic) bond motifs is 2. The molecule has 4 unspecified atom stereocenters. The molecule has 0 spiro atoms. The Kier molecular flexibility index (Phi) is 3.09. The van der Waals surface area contributed by atoms with Crippen LogP contribution < -0.4 is 0 Å². The first-order valence-corrected chi connectivity index (χ1v) is 8.42. The molecule has 3 heteroatoms. The van der Waals surface area contributed by atoms with Gasteiger partial charge in [0.2, 0.25) is 0 Å². The third-order valence-electron chi connectivity index (χ3n) is 5.17. The molecule has 2 heterocycles. The Morgan fingerprint density at radius 3 is 3.00 bits per heavy atom. The van der Waals surface area contributed by atoms with Crippen molar-refractivity contribution in [1.82, 2.24) is 4.90 Å². The normalized spacial score (nSPS) is 37.5. The lowest BCUT2D eigenvalue weighted by Gasteiger charge is -2.22. The molecule has 0 radical (unpaired) electrons. The Morgan fingerprint density at radius 2 is 2.11 bits per heavy atom. The molecule has 1 aromatic carbocycles. The van der Waals surface area contributed by atoms with E-state index in [2.05, 4.69) is 29.2 Å². The van der Waals surface area contributed by atoms with Gasteiger partial charge in [-0.15, -0.1) is 11.8 Å². The van der Waals surface area contributed by atoms with Gasteiger partial charge in [0.15, 0.2) is 0 Å². The number of rotatable bonds is 2. The molecule has 1 aromatic rings. The molecule has 3 aliphatic rings. The number of aliphatic hydroxyl groups excluding tert-OH is 1. The van der Waals surface area contributed by atoms with Crippen LogP contribution in [-0.4, -0.2) is 41.5 Å². The van der Waals surface area contributed by atoms with Crippen LogP contribution in [0.5, 0.6) is 0 Å². The van der Waals surface area contributed by atoms with Crippen LogP contribution in [0.2, 0.25) is 0 Å². The van der Waals surface area contributed by atoms with E-state index in [4.69, 9.17) is 0 Å². The molecule has 4 rings (SSSR count). The molecule has 0 aromatic heterocycles. The van der Waals surface area contributed by atoms with Gasteiger partial charge in [-0.1, -0.05) is 18.2 Å². The van der Waals surface area contributed by atoms with Gasteiger partial charge in [0.1, 0.15) is 0 Å². The van der Waals surface area contributed by atoms with Crippen LogP contribution in [0.25, 0.3) is 0 Å². The zero-order valence-electron chi connectivity index (χ0n) is 11.2. The van der Waals surface area contributed by atoms with Gasteiger partial charge in [0.25, 0.3) is 0 Å². The van der Waals surface area contributed by atoms with E-state index in [0.29, 0.717) is 11.8 Å². The standard InChI is InChI=1S/C16H21NOS/c18-15-6-5-11-7-17(9-14(11)15)8-12-10-19-16-4-2-1-3-13(12)16/h1-4,11-12,14-15,18H,5-10H2. The van der Waals surface area contributed by atoms with E-state index in [0.717, 1.165) is 18.9 Å². The second kappa shape index (κ2) is 4.80. The molecule has 102 valence electrons. The molecule has 0 bridgehead atoms. The molecule has 2 aliphatic heterocycles. The highest BCUT2D eigenvalue weighted by molar-refractivity contribution is 7.99. The zero-order chi connectivity index (χ0) is 12.8. The number of benzene rings is 1. The summed E-state index contributed by atoms with van der Waals surface area (Å²) in [5.74, 6) is 3.24. The molecule has 19 heavy (non-hydrogen) atoms. The molecule has 1 N–H and O–H groups in total. The van der Waals surface area contributed by atoms with E-state index in [1.165, 1.54) is 30.2 Å². The van der Waals surface area contributed by atoms with Crippen LogP contribution in [0.4, 0.5) is 0 Å². The third kappa shape index (κ3) is 2.12. The van der Waals surface area contributed by atoms with Gasteiger partial charge >= 0.3 is 0 Å². The van der Waals surface area contributed by atoms with Gasteiger partial charge in [0.05, 0.1) is 6.10 Å². The van der Waals surface area contributed by atoms with Crippen molar-refractivity contribution >= 4 is 11.8 Å². The summed E-state index contributed by atoms with van der Waals surface area (Å²) in [6, 6.07) is 8.86. The van der Waals surface area contributed by atoms with Crippen molar-refractivity contribution in [2.45, 2.75) is 29.8 Å². The van der Waals surface area contributed by atoms with Crippen LogP contribution in [0.3, 0.4) is 0 Å². The summed E-state index contributed by atoms with van der Waals surface area (Å²) < 4.78 is 0. The van der Waals surface area contributed by atoms with Crippen LogP contribution in [0, 0.1) is 11.8 Å². The lowest BCUT2D eigenvalue weighted by atomic mass is 9.99. The summed E-state index contributed by atoms with van der Waals surface area (Å²) in [6.07, 6.45) is 2.24. The van der Waals surface area contributed by atoms with Crippen molar-refractivity contribution in [2.75, 3.05) is 25.4 Å². The Bertz CT molecular complexity index is 478. The monoisotopic (exact) mass is 275 g/mol. The summed E-state index contributed by atoms with van der Waals surface area (Å²) in [5.41, 5.74) is 1.55. The minimum atomic E-state index is -0.0276. The minimum absolute atomic E-state index is 0.0276. The zero-order valence-corrected chi connectivity index (χ0v) is 12.0. The molecule has 1 saturated carbocycles. The fourth-order valence-electron chi connectivity index (χ4n) is 4.17. The number of aliphatic hydroxyl groups is 1. The summed E-state index contributed by atoms with van der Waals surface area (Å²) in [7, 11) is 0. The Morgan fingerprint density at radius 1 is 1.21 bits per heavy atom. The van der Waals surface area contributed by atoms with E-state index < -0.39 is 0 Å². The average Bonchev–Trinajstić information content (AvgIpc) is 3.09. The first-order chi connectivity index (χ1) is 9.31. The van der Waals surface area contributed by atoms with Gasteiger partial charge < -0.3 is 10.0 Å². The maximum atomic E-state index is 10.0. The average molecular weight is 275 g/mol. The maximum Gasteiger partial charge on any atom is 0.0583 e. The SMILES string of the molecule is OC1CCC2CN(CC3CSc4ccccc43)CC12. The van der Waals surface area contributed by atoms with E-state index in [9.17, 15) is 5.11 Å². The number of nitrogens with zero attached hydrogens (tertiary/aromatic N) is 1. The molecule has 0 amide bonds. The van der Waals surface area contributed by atoms with Crippen molar-refractivity contribution in [3.8, 4) is 0 Å². The van der Waals surface area contributed by atoms with Gasteiger partial charge in [-0.05, 0) is 30.4 Å². The van der Waals surface area contributed by atoms with Gasteiger partial charge in [0, 0.05) is 42.1 Å². The Balaban J connectivity index is 1.44. The van der Waals surface area contributed by atoms with Gasteiger partial charge in [-0.3, -0.25) is 0 Å². The van der Waals surface area contributed by atoms with E-state index >= 15 is 0 Å². The molecule has 1 saturated heterocycles. The van der Waals surface area contributed by atoms with E-state index in [1.807, 2.05) is 11.8 Å². The Labute approximate surface area is 119 Å². The molecular formula is C16H21NOS. The summed E-state index contributed by atoms with van der Waals surface area (Å²) in [6.45, 7) is 3.52. The summed E-state index contributed by atoms with van der Waals surface area (Å²) >= 11 is 2.01. The van der Waals surface area contributed by atoms with Crippen LogP contribution >= 0.6 is 11.8 Å². The quantitative estimate of drug-likeness (QED) is 0.897. The molecular weight excluding hydrogens is 254 g/mol. The van der Waals surface area contributed by atoms with Gasteiger partial charge in [-0.2, -0.15) is 0 Å². The number of thioether (sulfide) groups is 1. The minimum Gasteiger partial charge on any atom is -0.393 e. The van der Waals surface area contributed by atoms with Crippen molar-refractivity contribution in [3.05, 3.63) is 29.8 Å². The highest BCUT2D eigenvalue weighted by Gasteiger charge is 2.42. The van der Waals surface area contributed by atoms with Crippen LogP contribution in [-0.2, 0) is 0 Å². The second-order valence-corrected chi connectivity index (χ2v) is 7.39. The largest absolute Gasteiger partial charge is 0.393 e. The summed E-state index contributed by atoms with van der Waals surface area (Å²) in [4.78, 5) is 4.08. The summed E-state index contributed by atoms with van der Waals surface area (Å²) in [5, 5.41) is 10.0. The number of hydrogen-bond acceptors (Lipinski definition) is 3. The molecule has 4 atom stereocenters.